The van der Waals surface area contributed by atoms with Crippen LogP contribution in [0.3, 0.4) is 0 Å². The SMILES string of the molecule is CCCn1ccc(CNC2COc3ccccc32)c1. The van der Waals surface area contributed by atoms with Crippen LogP contribution in [0.1, 0.15) is 30.5 Å². The van der Waals surface area contributed by atoms with Crippen LogP contribution in [0.15, 0.2) is 42.7 Å². The average molecular weight is 256 g/mol. The maximum absolute atomic E-state index is 5.68. The van der Waals surface area contributed by atoms with E-state index in [2.05, 4.69) is 47.4 Å². The molecule has 0 amide bonds. The van der Waals surface area contributed by atoms with Gasteiger partial charge in [0.2, 0.25) is 0 Å². The number of hydrogen-bond donors (Lipinski definition) is 1. The highest BCUT2D eigenvalue weighted by Crippen LogP contribution is 2.31. The zero-order valence-corrected chi connectivity index (χ0v) is 11.3. The van der Waals surface area contributed by atoms with Crippen molar-refractivity contribution in [3.05, 3.63) is 53.9 Å². The number of aromatic nitrogens is 1. The summed E-state index contributed by atoms with van der Waals surface area (Å²) in [5.74, 6) is 1.02. The fraction of sp³-hybridized carbons (Fsp3) is 0.375. The summed E-state index contributed by atoms with van der Waals surface area (Å²) in [4.78, 5) is 0. The number of rotatable bonds is 5. The average Bonchev–Trinajstić information content (AvgIpc) is 3.04. The van der Waals surface area contributed by atoms with E-state index in [-0.39, 0.29) is 0 Å². The van der Waals surface area contributed by atoms with Crippen LogP contribution in [0.4, 0.5) is 0 Å². The Bertz CT molecular complexity index is 547. The number of hydrogen-bond acceptors (Lipinski definition) is 2. The smallest absolute Gasteiger partial charge is 0.124 e. The van der Waals surface area contributed by atoms with E-state index in [0.29, 0.717) is 6.04 Å². The molecule has 2 aromatic rings. The number of aryl methyl sites for hydroxylation is 1. The summed E-state index contributed by atoms with van der Waals surface area (Å²) in [5, 5.41) is 3.57. The summed E-state index contributed by atoms with van der Waals surface area (Å²) in [6.07, 6.45) is 5.54. The minimum atomic E-state index is 0.311. The van der Waals surface area contributed by atoms with E-state index in [9.17, 15) is 0 Å². The molecule has 0 radical (unpaired) electrons. The summed E-state index contributed by atoms with van der Waals surface area (Å²) in [7, 11) is 0. The number of fused-ring (bicyclic) bond motifs is 1. The third-order valence-electron chi connectivity index (χ3n) is 3.55. The van der Waals surface area contributed by atoms with Gasteiger partial charge < -0.3 is 14.6 Å². The maximum atomic E-state index is 5.68. The molecular formula is C16H20N2O. The molecule has 1 atom stereocenters. The Morgan fingerprint density at radius 3 is 3.11 bits per heavy atom. The van der Waals surface area contributed by atoms with Crippen LogP contribution < -0.4 is 10.1 Å². The van der Waals surface area contributed by atoms with Crippen molar-refractivity contribution in [2.75, 3.05) is 6.61 Å². The van der Waals surface area contributed by atoms with E-state index >= 15 is 0 Å². The fourth-order valence-electron chi connectivity index (χ4n) is 2.57. The van der Waals surface area contributed by atoms with Gasteiger partial charge in [-0.05, 0) is 24.1 Å². The van der Waals surface area contributed by atoms with Gasteiger partial charge in [-0.2, -0.15) is 0 Å². The molecule has 3 nitrogen and oxygen atoms in total. The molecule has 1 aliphatic heterocycles. The second-order valence-electron chi connectivity index (χ2n) is 5.04. The molecule has 1 aliphatic rings. The van der Waals surface area contributed by atoms with Crippen molar-refractivity contribution < 1.29 is 4.74 Å². The van der Waals surface area contributed by atoms with Crippen LogP contribution >= 0.6 is 0 Å². The molecule has 0 fully saturated rings. The van der Waals surface area contributed by atoms with Crippen molar-refractivity contribution in [1.82, 2.24) is 9.88 Å². The Kier molecular flexibility index (Phi) is 3.56. The van der Waals surface area contributed by atoms with Gasteiger partial charge in [0.05, 0.1) is 6.04 Å². The van der Waals surface area contributed by atoms with Crippen LogP contribution in [0, 0.1) is 0 Å². The van der Waals surface area contributed by atoms with Gasteiger partial charge in [-0.15, -0.1) is 0 Å². The number of ether oxygens (including phenoxy) is 1. The maximum Gasteiger partial charge on any atom is 0.124 e. The Balaban J connectivity index is 1.61. The van der Waals surface area contributed by atoms with E-state index in [0.717, 1.165) is 25.4 Å². The monoisotopic (exact) mass is 256 g/mol. The highest BCUT2D eigenvalue weighted by molar-refractivity contribution is 5.39. The molecule has 0 aliphatic carbocycles. The summed E-state index contributed by atoms with van der Waals surface area (Å²) in [5.41, 5.74) is 2.60. The van der Waals surface area contributed by atoms with E-state index in [1.807, 2.05) is 12.1 Å². The highest BCUT2D eigenvalue weighted by Gasteiger charge is 2.22. The zero-order chi connectivity index (χ0) is 13.1. The van der Waals surface area contributed by atoms with Crippen LogP contribution in [0.25, 0.3) is 0 Å². The zero-order valence-electron chi connectivity index (χ0n) is 11.3. The highest BCUT2D eigenvalue weighted by atomic mass is 16.5. The van der Waals surface area contributed by atoms with E-state index < -0.39 is 0 Å². The molecule has 19 heavy (non-hydrogen) atoms. The molecule has 3 heteroatoms. The topological polar surface area (TPSA) is 26.2 Å². The van der Waals surface area contributed by atoms with Gasteiger partial charge in [0.1, 0.15) is 12.4 Å². The first-order valence-electron chi connectivity index (χ1n) is 6.96. The quantitative estimate of drug-likeness (QED) is 0.889. The normalized spacial score (nSPS) is 17.2. The lowest BCUT2D eigenvalue weighted by Gasteiger charge is -2.10. The van der Waals surface area contributed by atoms with Gasteiger partial charge in [-0.1, -0.05) is 25.1 Å². The Hall–Kier alpha value is -1.74. The molecular weight excluding hydrogens is 236 g/mol. The summed E-state index contributed by atoms with van der Waals surface area (Å²) in [6.45, 7) is 4.91. The first-order chi connectivity index (χ1) is 9.36. The van der Waals surface area contributed by atoms with Crippen LogP contribution in [-0.4, -0.2) is 11.2 Å². The first kappa shape index (κ1) is 12.3. The molecule has 1 aromatic carbocycles. The van der Waals surface area contributed by atoms with Gasteiger partial charge in [0, 0.05) is 31.0 Å². The van der Waals surface area contributed by atoms with Crippen molar-refractivity contribution in [2.24, 2.45) is 0 Å². The van der Waals surface area contributed by atoms with E-state index in [1.165, 1.54) is 17.5 Å². The van der Waals surface area contributed by atoms with Gasteiger partial charge in [0.25, 0.3) is 0 Å². The van der Waals surface area contributed by atoms with Crippen LogP contribution in [-0.2, 0) is 13.1 Å². The third-order valence-corrected chi connectivity index (χ3v) is 3.55. The predicted octanol–water partition coefficient (Wildman–Crippen LogP) is 3.12. The van der Waals surface area contributed by atoms with Crippen LogP contribution in [0.5, 0.6) is 5.75 Å². The van der Waals surface area contributed by atoms with Crippen molar-refractivity contribution in [3.63, 3.8) is 0 Å². The molecule has 1 aromatic heterocycles. The number of para-hydroxylation sites is 1. The molecule has 1 N–H and O–H groups in total. The minimum Gasteiger partial charge on any atom is -0.491 e. The Morgan fingerprint density at radius 2 is 2.21 bits per heavy atom. The van der Waals surface area contributed by atoms with Crippen molar-refractivity contribution >= 4 is 0 Å². The largest absolute Gasteiger partial charge is 0.491 e. The lowest BCUT2D eigenvalue weighted by Crippen LogP contribution is -2.21. The molecule has 100 valence electrons. The van der Waals surface area contributed by atoms with E-state index in [4.69, 9.17) is 4.74 Å². The summed E-state index contributed by atoms with van der Waals surface area (Å²) >= 11 is 0. The van der Waals surface area contributed by atoms with Gasteiger partial charge in [-0.25, -0.2) is 0 Å². The lowest BCUT2D eigenvalue weighted by molar-refractivity contribution is 0.310. The number of benzene rings is 1. The Labute approximate surface area is 114 Å². The lowest BCUT2D eigenvalue weighted by atomic mass is 10.1. The molecule has 0 saturated carbocycles. The fourth-order valence-corrected chi connectivity index (χ4v) is 2.57. The third kappa shape index (κ3) is 2.66. The summed E-state index contributed by atoms with van der Waals surface area (Å²) < 4.78 is 7.92. The summed E-state index contributed by atoms with van der Waals surface area (Å²) in [6, 6.07) is 10.8. The Morgan fingerprint density at radius 1 is 1.32 bits per heavy atom. The van der Waals surface area contributed by atoms with Crippen molar-refractivity contribution in [2.45, 2.75) is 32.5 Å². The molecule has 0 spiro atoms. The van der Waals surface area contributed by atoms with Crippen molar-refractivity contribution in [1.29, 1.82) is 0 Å². The standard InChI is InChI=1S/C16H20N2O/c1-2-8-18-9-7-13(11-18)10-17-15-12-19-16-6-4-3-5-14(15)16/h3-7,9,11,15,17H,2,8,10,12H2,1H3. The number of nitrogens with zero attached hydrogens (tertiary/aromatic N) is 1. The molecule has 2 heterocycles. The molecule has 0 bridgehead atoms. The second-order valence-corrected chi connectivity index (χ2v) is 5.04. The molecule has 1 unspecified atom stereocenters. The minimum absolute atomic E-state index is 0.311. The van der Waals surface area contributed by atoms with Gasteiger partial charge in [-0.3, -0.25) is 0 Å². The van der Waals surface area contributed by atoms with Crippen molar-refractivity contribution in [3.8, 4) is 5.75 Å². The van der Waals surface area contributed by atoms with Gasteiger partial charge in [0.15, 0.2) is 0 Å². The molecule has 0 saturated heterocycles. The molecule has 3 rings (SSSR count). The second kappa shape index (κ2) is 5.49. The number of nitrogens with one attached hydrogen (secondary N) is 1. The first-order valence-corrected chi connectivity index (χ1v) is 6.96. The predicted molar refractivity (Wildman–Crippen MR) is 76.2 cm³/mol. The van der Waals surface area contributed by atoms with Gasteiger partial charge >= 0.3 is 0 Å². The van der Waals surface area contributed by atoms with E-state index in [1.54, 1.807) is 0 Å². The van der Waals surface area contributed by atoms with Crippen LogP contribution in [0.2, 0.25) is 0 Å².